The second kappa shape index (κ2) is 9.63. The first kappa shape index (κ1) is 24.9. The van der Waals surface area contributed by atoms with Crippen molar-refractivity contribution in [3.8, 4) is 0 Å². The lowest BCUT2D eigenvalue weighted by molar-refractivity contribution is -0.137. The molecular weight excluding hydrogens is 457 g/mol. The van der Waals surface area contributed by atoms with Gasteiger partial charge in [0.15, 0.2) is 0 Å². The first-order valence-corrected chi connectivity index (χ1v) is 10.9. The van der Waals surface area contributed by atoms with Gasteiger partial charge >= 0.3 is 12.3 Å². The van der Waals surface area contributed by atoms with Crippen molar-refractivity contribution in [1.29, 1.82) is 0 Å². The average Bonchev–Trinajstić information content (AvgIpc) is 2.72. The molecule has 9 heteroatoms. The predicted octanol–water partition coefficient (Wildman–Crippen LogP) is 5.88. The second-order valence-corrected chi connectivity index (χ2v) is 9.46. The molecule has 0 radical (unpaired) electrons. The summed E-state index contributed by atoms with van der Waals surface area (Å²) in [5, 5.41) is 3.47. The summed E-state index contributed by atoms with van der Waals surface area (Å²) in [6.07, 6.45) is -4.53. The summed E-state index contributed by atoms with van der Waals surface area (Å²) >= 11 is 5.89. The van der Waals surface area contributed by atoms with Crippen molar-refractivity contribution in [2.75, 3.05) is 13.1 Å². The number of carbonyl (C=O) groups is 2. The summed E-state index contributed by atoms with van der Waals surface area (Å²) in [4.78, 5) is 26.9. The van der Waals surface area contributed by atoms with Crippen LogP contribution in [0.25, 0.3) is 0 Å². The van der Waals surface area contributed by atoms with Gasteiger partial charge in [-0.1, -0.05) is 23.7 Å². The van der Waals surface area contributed by atoms with Crippen LogP contribution in [0.4, 0.5) is 18.0 Å². The zero-order chi connectivity index (χ0) is 24.4. The number of hydrogen-bond donors (Lipinski definition) is 1. The van der Waals surface area contributed by atoms with Gasteiger partial charge in [0.25, 0.3) is 5.91 Å². The van der Waals surface area contributed by atoms with Crippen LogP contribution >= 0.6 is 11.6 Å². The van der Waals surface area contributed by atoms with Crippen molar-refractivity contribution in [2.45, 2.75) is 50.9 Å². The molecule has 0 saturated carbocycles. The van der Waals surface area contributed by atoms with Gasteiger partial charge in [0.05, 0.1) is 5.56 Å². The summed E-state index contributed by atoms with van der Waals surface area (Å²) in [5.74, 6) is -0.732. The molecule has 2 amide bonds. The minimum Gasteiger partial charge on any atom is -0.444 e. The Hall–Kier alpha value is -2.74. The van der Waals surface area contributed by atoms with Crippen LogP contribution in [0.15, 0.2) is 48.5 Å². The number of ether oxygens (including phenoxy) is 1. The highest BCUT2D eigenvalue weighted by atomic mass is 35.5. The second-order valence-electron chi connectivity index (χ2n) is 9.03. The Morgan fingerprint density at radius 3 is 2.18 bits per heavy atom. The van der Waals surface area contributed by atoms with E-state index in [1.165, 1.54) is 17.0 Å². The van der Waals surface area contributed by atoms with Gasteiger partial charge in [-0.15, -0.1) is 0 Å². The third kappa shape index (κ3) is 6.63. The average molecular weight is 483 g/mol. The monoisotopic (exact) mass is 482 g/mol. The molecular formula is C24H26ClF3N2O3. The molecule has 1 aliphatic rings. The van der Waals surface area contributed by atoms with Crippen LogP contribution in [0.1, 0.15) is 54.6 Å². The van der Waals surface area contributed by atoms with Crippen LogP contribution in [0.5, 0.6) is 0 Å². The van der Waals surface area contributed by atoms with E-state index in [1.807, 2.05) is 0 Å². The van der Waals surface area contributed by atoms with E-state index >= 15 is 0 Å². The molecule has 2 aromatic carbocycles. The standard InChI is InChI=1S/C24H26ClF3N2O3/c1-23(2,3)33-22(32)30-13-12-20(29-21(31)16-6-10-18(25)11-7-16)19(14-30)15-4-8-17(9-5-15)24(26,27)28/h4-11,19-20H,12-14H2,1-3H3,(H,29,31). The number of carbonyl (C=O) groups excluding carboxylic acids is 2. The first-order valence-electron chi connectivity index (χ1n) is 10.5. The molecule has 0 bridgehead atoms. The quantitative estimate of drug-likeness (QED) is 0.594. The highest BCUT2D eigenvalue weighted by Crippen LogP contribution is 2.33. The van der Waals surface area contributed by atoms with Crippen molar-refractivity contribution in [1.82, 2.24) is 10.2 Å². The molecule has 33 heavy (non-hydrogen) atoms. The smallest absolute Gasteiger partial charge is 0.416 e. The highest BCUT2D eigenvalue weighted by Gasteiger charge is 2.36. The van der Waals surface area contributed by atoms with Crippen LogP contribution in [-0.2, 0) is 10.9 Å². The van der Waals surface area contributed by atoms with Gasteiger partial charge in [0.2, 0.25) is 0 Å². The normalized spacial score (nSPS) is 19.2. The number of amides is 2. The molecule has 2 atom stereocenters. The van der Waals surface area contributed by atoms with Crippen molar-refractivity contribution in [3.05, 3.63) is 70.2 Å². The minimum absolute atomic E-state index is 0.200. The Labute approximate surface area is 195 Å². The fourth-order valence-electron chi connectivity index (χ4n) is 3.73. The van der Waals surface area contributed by atoms with Crippen molar-refractivity contribution in [3.63, 3.8) is 0 Å². The maximum absolute atomic E-state index is 13.0. The summed E-state index contributed by atoms with van der Waals surface area (Å²) in [6, 6.07) is 10.8. The number of piperidine rings is 1. The number of halogens is 4. The van der Waals surface area contributed by atoms with Gasteiger partial charge in [0, 0.05) is 35.6 Å². The van der Waals surface area contributed by atoms with E-state index in [2.05, 4.69) is 5.32 Å². The van der Waals surface area contributed by atoms with Gasteiger partial charge in [0.1, 0.15) is 5.60 Å². The maximum Gasteiger partial charge on any atom is 0.416 e. The van der Waals surface area contributed by atoms with Crippen LogP contribution in [0.3, 0.4) is 0 Å². The molecule has 1 heterocycles. The molecule has 2 aromatic rings. The first-order chi connectivity index (χ1) is 15.3. The Bertz CT molecular complexity index is 986. The van der Waals surface area contributed by atoms with Crippen molar-refractivity contribution in [2.24, 2.45) is 0 Å². The lowest BCUT2D eigenvalue weighted by atomic mass is 9.85. The summed E-state index contributed by atoms with van der Waals surface area (Å²) in [5.41, 5.74) is -0.425. The zero-order valence-electron chi connectivity index (χ0n) is 18.6. The lowest BCUT2D eigenvalue weighted by Crippen LogP contribution is -2.52. The van der Waals surface area contributed by atoms with Gasteiger partial charge in [-0.25, -0.2) is 4.79 Å². The molecule has 1 fully saturated rings. The van der Waals surface area contributed by atoms with Crippen LogP contribution < -0.4 is 5.32 Å². The fraction of sp³-hybridized carbons (Fsp3) is 0.417. The lowest BCUT2D eigenvalue weighted by Gasteiger charge is -2.39. The van der Waals surface area contributed by atoms with E-state index in [0.717, 1.165) is 12.1 Å². The molecule has 5 nitrogen and oxygen atoms in total. The Balaban J connectivity index is 1.84. The number of likely N-dealkylation sites (tertiary alicyclic amines) is 1. The van der Waals surface area contributed by atoms with Crippen LogP contribution in [-0.4, -0.2) is 41.6 Å². The molecule has 3 rings (SSSR count). The SMILES string of the molecule is CC(C)(C)OC(=O)N1CCC(NC(=O)c2ccc(Cl)cc2)C(c2ccc(C(F)(F)F)cc2)C1. The van der Waals surface area contributed by atoms with E-state index in [1.54, 1.807) is 45.0 Å². The molecule has 1 saturated heterocycles. The molecule has 178 valence electrons. The maximum atomic E-state index is 13.0. The minimum atomic E-state index is -4.45. The van der Waals surface area contributed by atoms with E-state index in [9.17, 15) is 22.8 Å². The van der Waals surface area contributed by atoms with Gasteiger partial charge in [-0.2, -0.15) is 13.2 Å². The van der Waals surface area contributed by atoms with E-state index in [0.29, 0.717) is 29.1 Å². The molecule has 0 aliphatic carbocycles. The number of rotatable bonds is 3. The molecule has 0 spiro atoms. The topological polar surface area (TPSA) is 58.6 Å². The Kier molecular flexibility index (Phi) is 7.26. The van der Waals surface area contributed by atoms with Crippen molar-refractivity contribution >= 4 is 23.6 Å². The Morgan fingerprint density at radius 2 is 1.64 bits per heavy atom. The predicted molar refractivity (Wildman–Crippen MR) is 119 cm³/mol. The van der Waals surface area contributed by atoms with E-state index in [4.69, 9.17) is 16.3 Å². The van der Waals surface area contributed by atoms with Gasteiger partial charge in [-0.05, 0) is 69.2 Å². The number of benzene rings is 2. The molecule has 0 aromatic heterocycles. The van der Waals surface area contributed by atoms with Crippen LogP contribution in [0.2, 0.25) is 5.02 Å². The fourth-order valence-corrected chi connectivity index (χ4v) is 3.85. The molecule has 1 N–H and O–H groups in total. The Morgan fingerprint density at radius 1 is 1.03 bits per heavy atom. The third-order valence-electron chi connectivity index (χ3n) is 5.35. The number of alkyl halides is 3. The molecule has 1 aliphatic heterocycles. The number of nitrogens with one attached hydrogen (secondary N) is 1. The largest absolute Gasteiger partial charge is 0.444 e. The summed E-state index contributed by atoms with van der Waals surface area (Å²) < 4.78 is 44.5. The number of nitrogens with zero attached hydrogens (tertiary/aromatic N) is 1. The summed E-state index contributed by atoms with van der Waals surface area (Å²) in [6.45, 7) is 5.83. The van der Waals surface area contributed by atoms with Crippen LogP contribution in [0, 0.1) is 0 Å². The van der Waals surface area contributed by atoms with Crippen molar-refractivity contribution < 1.29 is 27.5 Å². The number of hydrogen-bond acceptors (Lipinski definition) is 3. The molecule has 2 unspecified atom stereocenters. The van der Waals surface area contributed by atoms with E-state index in [-0.39, 0.29) is 18.5 Å². The summed E-state index contributed by atoms with van der Waals surface area (Å²) in [7, 11) is 0. The third-order valence-corrected chi connectivity index (χ3v) is 5.61. The highest BCUT2D eigenvalue weighted by molar-refractivity contribution is 6.30. The van der Waals surface area contributed by atoms with E-state index < -0.39 is 29.4 Å². The van der Waals surface area contributed by atoms with Gasteiger partial charge < -0.3 is 15.0 Å². The zero-order valence-corrected chi connectivity index (χ0v) is 19.3. The van der Waals surface area contributed by atoms with Gasteiger partial charge in [-0.3, -0.25) is 4.79 Å².